The third-order valence-corrected chi connectivity index (χ3v) is 5.09. The maximum absolute atomic E-state index is 12.3. The van der Waals surface area contributed by atoms with Gasteiger partial charge >= 0.3 is 0 Å². The minimum Gasteiger partial charge on any atom is -0.324 e. The lowest BCUT2D eigenvalue weighted by Gasteiger charge is -2.13. The van der Waals surface area contributed by atoms with Gasteiger partial charge in [-0.1, -0.05) is 0 Å². The number of carbonyl (C=O) groups is 1. The molecule has 2 aromatic heterocycles. The van der Waals surface area contributed by atoms with Gasteiger partial charge in [0, 0.05) is 24.3 Å². The zero-order valence-corrected chi connectivity index (χ0v) is 15.5. The molecule has 27 heavy (non-hydrogen) atoms. The molecule has 0 saturated carbocycles. The van der Waals surface area contributed by atoms with Gasteiger partial charge in [0.1, 0.15) is 6.04 Å². The quantitative estimate of drug-likeness (QED) is 0.669. The molecule has 2 heterocycles. The first kappa shape index (κ1) is 18.5. The molecule has 0 bridgehead atoms. The van der Waals surface area contributed by atoms with Gasteiger partial charge < -0.3 is 5.32 Å². The van der Waals surface area contributed by atoms with Crippen LogP contribution in [0.2, 0.25) is 0 Å². The number of aryl methyl sites for hydroxylation is 1. The monoisotopic (exact) mass is 386 g/mol. The third kappa shape index (κ3) is 4.47. The fourth-order valence-electron chi connectivity index (χ4n) is 2.26. The lowest BCUT2D eigenvalue weighted by Crippen LogP contribution is -2.24. The van der Waals surface area contributed by atoms with Crippen molar-refractivity contribution in [3.05, 3.63) is 60.7 Å². The van der Waals surface area contributed by atoms with Crippen molar-refractivity contribution in [2.24, 2.45) is 0 Å². The molecular formula is C17H18N6O3S. The van der Waals surface area contributed by atoms with Crippen LogP contribution in [0.4, 0.5) is 11.6 Å². The van der Waals surface area contributed by atoms with Crippen LogP contribution < -0.4 is 10.0 Å². The summed E-state index contributed by atoms with van der Waals surface area (Å²) in [5.74, 6) is -0.275. The molecule has 1 unspecified atom stereocenters. The number of rotatable bonds is 6. The van der Waals surface area contributed by atoms with E-state index in [1.54, 1.807) is 23.9 Å². The summed E-state index contributed by atoms with van der Waals surface area (Å²) in [5.41, 5.74) is 1.30. The first-order valence-electron chi connectivity index (χ1n) is 8.08. The summed E-state index contributed by atoms with van der Waals surface area (Å²) in [4.78, 5) is 20.0. The Bertz CT molecular complexity index is 1030. The first-order chi connectivity index (χ1) is 12.8. The maximum atomic E-state index is 12.3. The molecular weight excluding hydrogens is 368 g/mol. The van der Waals surface area contributed by atoms with Crippen molar-refractivity contribution in [3.63, 3.8) is 0 Å². The molecule has 2 N–H and O–H groups in total. The second kappa shape index (κ2) is 7.54. The molecule has 1 amide bonds. The van der Waals surface area contributed by atoms with Gasteiger partial charge in [0.25, 0.3) is 10.0 Å². The van der Waals surface area contributed by atoms with Crippen molar-refractivity contribution in [2.75, 3.05) is 10.0 Å². The molecule has 1 atom stereocenters. The van der Waals surface area contributed by atoms with Gasteiger partial charge in [0.05, 0.1) is 10.6 Å². The Balaban J connectivity index is 1.68. The van der Waals surface area contributed by atoms with Crippen molar-refractivity contribution >= 4 is 27.6 Å². The van der Waals surface area contributed by atoms with Crippen molar-refractivity contribution in [2.45, 2.75) is 24.8 Å². The lowest BCUT2D eigenvalue weighted by molar-refractivity contribution is -0.119. The number of anilines is 2. The minimum absolute atomic E-state index is 0.0155. The number of nitrogens with zero attached hydrogens (tertiary/aromatic N) is 4. The Morgan fingerprint density at radius 3 is 2.37 bits per heavy atom. The summed E-state index contributed by atoms with van der Waals surface area (Å²) < 4.78 is 28.5. The summed E-state index contributed by atoms with van der Waals surface area (Å²) in [6, 6.07) is 8.71. The minimum atomic E-state index is -3.82. The smallest absolute Gasteiger partial charge is 0.264 e. The fourth-order valence-corrected chi connectivity index (χ4v) is 3.22. The number of hydrogen-bond donors (Lipinski definition) is 2. The van der Waals surface area contributed by atoms with Crippen LogP contribution in [0.3, 0.4) is 0 Å². The summed E-state index contributed by atoms with van der Waals surface area (Å²) in [5, 5.41) is 6.95. The van der Waals surface area contributed by atoms with Crippen LogP contribution in [0.1, 0.15) is 18.7 Å². The highest BCUT2D eigenvalue weighted by molar-refractivity contribution is 7.92. The Morgan fingerprint density at radius 1 is 1.11 bits per heavy atom. The van der Waals surface area contributed by atoms with Gasteiger partial charge in [-0.25, -0.2) is 23.1 Å². The average Bonchev–Trinajstić information content (AvgIpc) is 3.08. The number of nitrogens with one attached hydrogen (secondary N) is 2. The summed E-state index contributed by atoms with van der Waals surface area (Å²) in [6.45, 7) is 3.57. The normalized spacial score (nSPS) is 12.4. The SMILES string of the molecule is Cc1ccn(C(C)C(=O)Nc2ccc(S(=O)(=O)Nc3ncccn3)cc2)n1. The van der Waals surface area contributed by atoms with Crippen LogP contribution in [0.25, 0.3) is 0 Å². The largest absolute Gasteiger partial charge is 0.324 e. The van der Waals surface area contributed by atoms with Crippen LogP contribution in [-0.4, -0.2) is 34.1 Å². The Hall–Kier alpha value is -3.27. The van der Waals surface area contributed by atoms with E-state index in [1.165, 1.54) is 36.7 Å². The van der Waals surface area contributed by atoms with E-state index in [-0.39, 0.29) is 16.8 Å². The van der Waals surface area contributed by atoms with E-state index in [4.69, 9.17) is 0 Å². The Kier molecular flexibility index (Phi) is 5.17. The molecule has 0 aliphatic heterocycles. The molecule has 3 aromatic rings. The van der Waals surface area contributed by atoms with Crippen molar-refractivity contribution in [3.8, 4) is 0 Å². The van der Waals surface area contributed by atoms with Crippen LogP contribution >= 0.6 is 0 Å². The zero-order valence-electron chi connectivity index (χ0n) is 14.7. The molecule has 140 valence electrons. The van der Waals surface area contributed by atoms with Crippen LogP contribution in [0, 0.1) is 6.92 Å². The maximum Gasteiger partial charge on any atom is 0.264 e. The van der Waals surface area contributed by atoms with E-state index >= 15 is 0 Å². The van der Waals surface area contributed by atoms with Gasteiger partial charge in [-0.05, 0) is 50.2 Å². The van der Waals surface area contributed by atoms with Gasteiger partial charge in [-0.2, -0.15) is 5.10 Å². The molecule has 3 rings (SSSR count). The highest BCUT2D eigenvalue weighted by Gasteiger charge is 2.18. The van der Waals surface area contributed by atoms with E-state index in [2.05, 4.69) is 25.1 Å². The van der Waals surface area contributed by atoms with E-state index < -0.39 is 16.1 Å². The first-order valence-corrected chi connectivity index (χ1v) is 9.56. The molecule has 10 heteroatoms. The molecule has 0 aliphatic carbocycles. The average molecular weight is 386 g/mol. The van der Waals surface area contributed by atoms with E-state index in [1.807, 2.05) is 13.0 Å². The van der Waals surface area contributed by atoms with Crippen molar-refractivity contribution in [1.82, 2.24) is 19.7 Å². The van der Waals surface area contributed by atoms with E-state index in [9.17, 15) is 13.2 Å². The van der Waals surface area contributed by atoms with Gasteiger partial charge in [-0.15, -0.1) is 0 Å². The number of aromatic nitrogens is 4. The summed E-state index contributed by atoms with van der Waals surface area (Å²) in [6.07, 6.45) is 4.60. The topological polar surface area (TPSA) is 119 Å². The summed E-state index contributed by atoms with van der Waals surface area (Å²) >= 11 is 0. The number of carbonyl (C=O) groups excluding carboxylic acids is 1. The Labute approximate surface area is 156 Å². The standard InChI is InChI=1S/C17H18N6O3S/c1-12-8-11-23(21-12)13(2)16(24)20-14-4-6-15(7-5-14)27(25,26)22-17-18-9-3-10-19-17/h3-11,13H,1-2H3,(H,20,24)(H,18,19,22). The third-order valence-electron chi connectivity index (χ3n) is 3.74. The van der Waals surface area contributed by atoms with Gasteiger partial charge in [0.2, 0.25) is 11.9 Å². The second-order valence-electron chi connectivity index (χ2n) is 5.80. The highest BCUT2D eigenvalue weighted by Crippen LogP contribution is 2.17. The van der Waals surface area contributed by atoms with E-state index in [0.29, 0.717) is 5.69 Å². The lowest BCUT2D eigenvalue weighted by atomic mass is 10.2. The molecule has 0 saturated heterocycles. The number of hydrogen-bond acceptors (Lipinski definition) is 6. The molecule has 9 nitrogen and oxygen atoms in total. The molecule has 0 radical (unpaired) electrons. The predicted molar refractivity (Wildman–Crippen MR) is 99.6 cm³/mol. The van der Waals surface area contributed by atoms with Gasteiger partial charge in [-0.3, -0.25) is 9.48 Å². The number of benzene rings is 1. The Morgan fingerprint density at radius 2 is 1.78 bits per heavy atom. The van der Waals surface area contributed by atoms with Crippen molar-refractivity contribution < 1.29 is 13.2 Å². The zero-order chi connectivity index (χ0) is 19.4. The molecule has 0 spiro atoms. The van der Waals surface area contributed by atoms with Crippen molar-refractivity contribution in [1.29, 1.82) is 0 Å². The fraction of sp³-hybridized carbons (Fsp3) is 0.176. The highest BCUT2D eigenvalue weighted by atomic mass is 32.2. The van der Waals surface area contributed by atoms with Crippen LogP contribution in [-0.2, 0) is 14.8 Å². The second-order valence-corrected chi connectivity index (χ2v) is 7.49. The summed E-state index contributed by atoms with van der Waals surface area (Å²) in [7, 11) is -3.82. The molecule has 0 aliphatic rings. The van der Waals surface area contributed by atoms with Gasteiger partial charge in [0.15, 0.2) is 0 Å². The number of amides is 1. The number of sulfonamides is 1. The van der Waals surface area contributed by atoms with E-state index in [0.717, 1.165) is 5.69 Å². The molecule has 0 fully saturated rings. The van der Waals surface area contributed by atoms with Crippen LogP contribution in [0.15, 0.2) is 59.9 Å². The molecule has 1 aromatic carbocycles. The van der Waals surface area contributed by atoms with Crippen LogP contribution in [0.5, 0.6) is 0 Å². The predicted octanol–water partition coefficient (Wildman–Crippen LogP) is 1.98.